The number of rotatable bonds is 1. The number of furan rings is 1. The highest BCUT2D eigenvalue weighted by Gasteiger charge is 2.20. The molecule has 1 heterocycles. The molecule has 0 radical (unpaired) electrons. The normalized spacial score (nSPS) is 10.9. The summed E-state index contributed by atoms with van der Waals surface area (Å²) < 4.78 is 10.3. The summed E-state index contributed by atoms with van der Waals surface area (Å²) in [7, 11) is 1.28. The molecule has 18 heavy (non-hydrogen) atoms. The average Bonchev–Trinajstić information content (AvgIpc) is 2.76. The predicted molar refractivity (Wildman–Crippen MR) is 66.7 cm³/mol. The van der Waals surface area contributed by atoms with Crippen LogP contribution in [-0.2, 0) is 4.74 Å². The summed E-state index contributed by atoms with van der Waals surface area (Å²) in [6, 6.07) is 10.4. The average molecular weight is 242 g/mol. The van der Waals surface area contributed by atoms with Gasteiger partial charge in [-0.3, -0.25) is 0 Å². The summed E-state index contributed by atoms with van der Waals surface area (Å²) in [5.74, 6) is -0.689. The molecule has 0 saturated heterocycles. The maximum absolute atomic E-state index is 11.8. The molecule has 4 heteroatoms. The quantitative estimate of drug-likeness (QED) is 0.666. The Morgan fingerprint density at radius 2 is 1.94 bits per heavy atom. The van der Waals surface area contributed by atoms with Gasteiger partial charge in [-0.05, 0) is 18.2 Å². The van der Waals surface area contributed by atoms with Crippen LogP contribution in [0.3, 0.4) is 0 Å². The van der Waals surface area contributed by atoms with E-state index in [0.717, 1.165) is 5.39 Å². The summed E-state index contributed by atoms with van der Waals surface area (Å²) in [5, 5.41) is 11.2. The summed E-state index contributed by atoms with van der Waals surface area (Å²) in [5.41, 5.74) is 1.36. The van der Waals surface area contributed by atoms with E-state index in [-0.39, 0.29) is 11.3 Å². The van der Waals surface area contributed by atoms with Crippen molar-refractivity contribution >= 4 is 27.9 Å². The number of phenolic OH excluding ortho intramolecular Hbond substituents is 1. The highest BCUT2D eigenvalue weighted by molar-refractivity contribution is 6.16. The van der Waals surface area contributed by atoms with Crippen molar-refractivity contribution in [2.24, 2.45) is 0 Å². The second-order valence-electron chi connectivity index (χ2n) is 3.92. The number of phenols is 1. The molecule has 0 amide bonds. The highest BCUT2D eigenvalue weighted by atomic mass is 16.5. The van der Waals surface area contributed by atoms with Crippen LogP contribution in [0.1, 0.15) is 10.4 Å². The first kappa shape index (κ1) is 10.7. The molecule has 0 aliphatic heterocycles. The fraction of sp³-hybridized carbons (Fsp3) is 0.0714. The van der Waals surface area contributed by atoms with E-state index in [4.69, 9.17) is 9.15 Å². The Kier molecular flexibility index (Phi) is 2.23. The predicted octanol–water partition coefficient (Wildman–Crippen LogP) is 3.08. The molecule has 0 aliphatic rings. The van der Waals surface area contributed by atoms with Gasteiger partial charge < -0.3 is 14.3 Å². The van der Waals surface area contributed by atoms with Crippen molar-refractivity contribution < 1.29 is 19.1 Å². The molecule has 3 rings (SSSR count). The molecular formula is C14H10O4. The Labute approximate surface area is 102 Å². The third-order valence-corrected chi connectivity index (χ3v) is 2.91. The standard InChI is InChI=1S/C14H10O4/c1-17-14(16)13-9(15)6-7-11-12(13)8-4-2-3-5-10(8)18-11/h2-7,15H,1H3. The van der Waals surface area contributed by atoms with E-state index in [9.17, 15) is 9.90 Å². The van der Waals surface area contributed by atoms with Gasteiger partial charge in [0, 0.05) is 10.8 Å². The van der Waals surface area contributed by atoms with E-state index in [1.165, 1.54) is 13.2 Å². The molecule has 3 aromatic rings. The lowest BCUT2D eigenvalue weighted by atomic mass is 10.1. The second kappa shape index (κ2) is 3.77. The van der Waals surface area contributed by atoms with Gasteiger partial charge in [0.15, 0.2) is 0 Å². The van der Waals surface area contributed by atoms with Crippen LogP contribution >= 0.6 is 0 Å². The molecule has 4 nitrogen and oxygen atoms in total. The van der Waals surface area contributed by atoms with Crippen molar-refractivity contribution in [2.45, 2.75) is 0 Å². The summed E-state index contributed by atoms with van der Waals surface area (Å²) in [6.45, 7) is 0. The van der Waals surface area contributed by atoms with Crippen LogP contribution in [-0.4, -0.2) is 18.2 Å². The van der Waals surface area contributed by atoms with Gasteiger partial charge >= 0.3 is 5.97 Å². The van der Waals surface area contributed by atoms with Crippen molar-refractivity contribution in [2.75, 3.05) is 7.11 Å². The molecule has 1 aromatic heterocycles. The summed E-state index contributed by atoms with van der Waals surface area (Å²) in [6.07, 6.45) is 0. The van der Waals surface area contributed by atoms with Gasteiger partial charge in [0.05, 0.1) is 7.11 Å². The van der Waals surface area contributed by atoms with Gasteiger partial charge in [-0.25, -0.2) is 4.79 Å². The molecule has 0 fully saturated rings. The minimum atomic E-state index is -0.579. The van der Waals surface area contributed by atoms with Gasteiger partial charge in [-0.1, -0.05) is 18.2 Å². The van der Waals surface area contributed by atoms with Crippen molar-refractivity contribution in [1.29, 1.82) is 0 Å². The number of fused-ring (bicyclic) bond motifs is 3. The molecule has 1 N–H and O–H groups in total. The number of ether oxygens (including phenoxy) is 1. The van der Waals surface area contributed by atoms with Gasteiger partial charge in [0.2, 0.25) is 0 Å². The number of hydrogen-bond acceptors (Lipinski definition) is 4. The molecule has 2 aromatic carbocycles. The number of carbonyl (C=O) groups excluding carboxylic acids is 1. The number of aromatic hydroxyl groups is 1. The van der Waals surface area contributed by atoms with Crippen LogP contribution < -0.4 is 0 Å². The fourth-order valence-electron chi connectivity index (χ4n) is 2.11. The first-order valence-electron chi connectivity index (χ1n) is 5.44. The molecule has 90 valence electrons. The van der Waals surface area contributed by atoms with Crippen molar-refractivity contribution in [1.82, 2.24) is 0 Å². The number of para-hydroxylation sites is 1. The van der Waals surface area contributed by atoms with Crippen LogP contribution in [0.25, 0.3) is 21.9 Å². The minimum Gasteiger partial charge on any atom is -0.507 e. The lowest BCUT2D eigenvalue weighted by Gasteiger charge is -2.03. The fourth-order valence-corrected chi connectivity index (χ4v) is 2.11. The number of methoxy groups -OCH3 is 1. The van der Waals surface area contributed by atoms with Gasteiger partial charge in [0.25, 0.3) is 0 Å². The number of benzene rings is 2. The largest absolute Gasteiger partial charge is 0.507 e. The van der Waals surface area contributed by atoms with E-state index in [1.807, 2.05) is 24.3 Å². The van der Waals surface area contributed by atoms with Crippen molar-refractivity contribution in [3.05, 3.63) is 42.0 Å². The minimum absolute atomic E-state index is 0.110. The molecule has 0 saturated carbocycles. The molecule has 0 spiro atoms. The van der Waals surface area contributed by atoms with E-state index in [1.54, 1.807) is 6.07 Å². The van der Waals surface area contributed by atoms with E-state index in [2.05, 4.69) is 0 Å². The van der Waals surface area contributed by atoms with Crippen LogP contribution in [0.5, 0.6) is 5.75 Å². The third kappa shape index (κ3) is 1.35. The van der Waals surface area contributed by atoms with E-state index in [0.29, 0.717) is 16.6 Å². The van der Waals surface area contributed by atoms with Crippen LogP contribution in [0.2, 0.25) is 0 Å². The number of hydrogen-bond donors (Lipinski definition) is 1. The second-order valence-corrected chi connectivity index (χ2v) is 3.92. The highest BCUT2D eigenvalue weighted by Crippen LogP contribution is 2.35. The molecule has 0 atom stereocenters. The maximum Gasteiger partial charge on any atom is 0.342 e. The number of carbonyl (C=O) groups is 1. The van der Waals surface area contributed by atoms with E-state index < -0.39 is 5.97 Å². The van der Waals surface area contributed by atoms with Crippen LogP contribution in [0, 0.1) is 0 Å². The molecular weight excluding hydrogens is 232 g/mol. The lowest BCUT2D eigenvalue weighted by Crippen LogP contribution is -2.02. The first-order valence-corrected chi connectivity index (χ1v) is 5.44. The van der Waals surface area contributed by atoms with Gasteiger partial charge in [0.1, 0.15) is 22.5 Å². The lowest BCUT2D eigenvalue weighted by molar-refractivity contribution is 0.0600. The van der Waals surface area contributed by atoms with Crippen molar-refractivity contribution in [3.63, 3.8) is 0 Å². The Morgan fingerprint density at radius 3 is 2.72 bits per heavy atom. The monoisotopic (exact) mass is 242 g/mol. The van der Waals surface area contributed by atoms with E-state index >= 15 is 0 Å². The van der Waals surface area contributed by atoms with Crippen LogP contribution in [0.15, 0.2) is 40.8 Å². The SMILES string of the molecule is COC(=O)c1c(O)ccc2oc3ccccc3c12. The zero-order valence-electron chi connectivity index (χ0n) is 9.64. The Morgan fingerprint density at radius 1 is 1.17 bits per heavy atom. The van der Waals surface area contributed by atoms with Gasteiger partial charge in [-0.2, -0.15) is 0 Å². The Bertz CT molecular complexity index is 755. The van der Waals surface area contributed by atoms with Gasteiger partial charge in [-0.15, -0.1) is 0 Å². The zero-order chi connectivity index (χ0) is 12.7. The topological polar surface area (TPSA) is 59.7 Å². The third-order valence-electron chi connectivity index (χ3n) is 2.91. The molecule has 0 bridgehead atoms. The number of esters is 1. The smallest absolute Gasteiger partial charge is 0.342 e. The summed E-state index contributed by atoms with van der Waals surface area (Å²) >= 11 is 0. The van der Waals surface area contributed by atoms with Crippen LogP contribution in [0.4, 0.5) is 0 Å². The Hall–Kier alpha value is -2.49. The zero-order valence-corrected chi connectivity index (χ0v) is 9.64. The molecule has 0 unspecified atom stereocenters. The first-order chi connectivity index (χ1) is 8.72. The maximum atomic E-state index is 11.8. The Balaban J connectivity index is 2.52. The molecule has 0 aliphatic carbocycles. The van der Waals surface area contributed by atoms with Crippen molar-refractivity contribution in [3.8, 4) is 5.75 Å². The summed E-state index contributed by atoms with van der Waals surface area (Å²) in [4.78, 5) is 11.8.